The summed E-state index contributed by atoms with van der Waals surface area (Å²) in [6.45, 7) is 7.36. The number of rotatable bonds is 11. The molecule has 0 saturated heterocycles. The van der Waals surface area contributed by atoms with Crippen molar-refractivity contribution in [3.63, 3.8) is 0 Å². The van der Waals surface area contributed by atoms with E-state index in [0.29, 0.717) is 29.2 Å². The standard InChI is InChI=1S/C32H42N6O2S/c1-5-38(6-2)31-27-11-7-8-14-28(27)35-32(36-31)33-21-23-17-19-24(20-18-23)22-34-41(39,40)30-16-10-12-25-26(30)13-9-15-29(25)37(3)4/h7-16,23-24,34H,5-6,17-22H2,1-4H3,(H,33,35,36). The highest BCUT2D eigenvalue weighted by Gasteiger charge is 2.25. The lowest BCUT2D eigenvalue weighted by atomic mass is 9.82. The van der Waals surface area contributed by atoms with E-state index < -0.39 is 10.0 Å². The summed E-state index contributed by atoms with van der Waals surface area (Å²) in [5.74, 6) is 2.49. The van der Waals surface area contributed by atoms with Gasteiger partial charge in [0.05, 0.1) is 10.4 Å². The lowest BCUT2D eigenvalue weighted by molar-refractivity contribution is 0.284. The van der Waals surface area contributed by atoms with Crippen LogP contribution in [0.3, 0.4) is 0 Å². The third-order valence-corrected chi connectivity index (χ3v) is 9.84. The summed E-state index contributed by atoms with van der Waals surface area (Å²) in [4.78, 5) is 14.3. The monoisotopic (exact) mass is 574 g/mol. The van der Waals surface area contributed by atoms with Crippen molar-refractivity contribution in [3.8, 4) is 0 Å². The second-order valence-electron chi connectivity index (χ2n) is 11.2. The van der Waals surface area contributed by atoms with E-state index in [9.17, 15) is 8.42 Å². The number of nitrogens with one attached hydrogen (secondary N) is 2. The SMILES string of the molecule is CCN(CC)c1nc(NCC2CCC(CNS(=O)(=O)c3cccc4c(N(C)C)cccc34)CC2)nc2ccccc12. The maximum atomic E-state index is 13.4. The van der Waals surface area contributed by atoms with E-state index in [0.717, 1.165) is 78.5 Å². The fourth-order valence-corrected chi connectivity index (χ4v) is 7.31. The van der Waals surface area contributed by atoms with Crippen LogP contribution in [0.1, 0.15) is 39.5 Å². The van der Waals surface area contributed by atoms with Crippen molar-refractivity contribution >= 4 is 49.2 Å². The molecule has 4 aromatic rings. The molecule has 2 N–H and O–H groups in total. The molecule has 0 amide bonds. The quantitative estimate of drug-likeness (QED) is 0.231. The molecule has 41 heavy (non-hydrogen) atoms. The number of aromatic nitrogens is 2. The van der Waals surface area contributed by atoms with Crippen LogP contribution in [0.5, 0.6) is 0 Å². The zero-order valence-corrected chi connectivity index (χ0v) is 25.4. The topological polar surface area (TPSA) is 90.5 Å². The normalized spacial score (nSPS) is 17.6. The summed E-state index contributed by atoms with van der Waals surface area (Å²) in [6, 6.07) is 19.5. The number of nitrogens with zero attached hydrogens (tertiary/aromatic N) is 4. The second kappa shape index (κ2) is 12.6. The van der Waals surface area contributed by atoms with Gasteiger partial charge in [-0.15, -0.1) is 0 Å². The molecule has 1 fully saturated rings. The summed E-state index contributed by atoms with van der Waals surface area (Å²) in [5.41, 5.74) is 1.96. The smallest absolute Gasteiger partial charge is 0.241 e. The Balaban J connectivity index is 1.18. The van der Waals surface area contributed by atoms with Gasteiger partial charge in [0.15, 0.2) is 0 Å². The fraction of sp³-hybridized carbons (Fsp3) is 0.438. The van der Waals surface area contributed by atoms with Gasteiger partial charge in [0.2, 0.25) is 16.0 Å². The molecule has 218 valence electrons. The van der Waals surface area contributed by atoms with Crippen molar-refractivity contribution in [3.05, 3.63) is 60.7 Å². The largest absolute Gasteiger partial charge is 0.377 e. The first-order chi connectivity index (χ1) is 19.8. The van der Waals surface area contributed by atoms with Gasteiger partial charge < -0.3 is 15.1 Å². The van der Waals surface area contributed by atoms with Crippen molar-refractivity contribution in [2.24, 2.45) is 11.8 Å². The molecule has 1 heterocycles. The van der Waals surface area contributed by atoms with Crippen LogP contribution in [0.4, 0.5) is 17.5 Å². The summed E-state index contributed by atoms with van der Waals surface area (Å²) in [6.07, 6.45) is 4.10. The Bertz CT molecular complexity index is 1590. The first kappa shape index (κ1) is 29.1. The Morgan fingerprint density at radius 2 is 1.41 bits per heavy atom. The van der Waals surface area contributed by atoms with Gasteiger partial charge in [-0.25, -0.2) is 18.1 Å². The lowest BCUT2D eigenvalue weighted by Crippen LogP contribution is -2.32. The first-order valence-corrected chi connectivity index (χ1v) is 16.2. The summed E-state index contributed by atoms with van der Waals surface area (Å²) in [5, 5.41) is 6.27. The highest BCUT2D eigenvalue weighted by atomic mass is 32.2. The number of hydrogen-bond acceptors (Lipinski definition) is 7. The molecular weight excluding hydrogens is 532 g/mol. The highest BCUT2D eigenvalue weighted by molar-refractivity contribution is 7.89. The Kier molecular flexibility index (Phi) is 8.94. The van der Waals surface area contributed by atoms with Crippen LogP contribution in [0.25, 0.3) is 21.7 Å². The van der Waals surface area contributed by atoms with Gasteiger partial charge in [-0.1, -0.05) is 36.4 Å². The number of para-hydroxylation sites is 1. The summed E-state index contributed by atoms with van der Waals surface area (Å²) < 4.78 is 29.6. The van der Waals surface area contributed by atoms with Gasteiger partial charge in [0, 0.05) is 62.1 Å². The molecule has 0 atom stereocenters. The van der Waals surface area contributed by atoms with Crippen LogP contribution >= 0.6 is 0 Å². The average Bonchev–Trinajstić information content (AvgIpc) is 2.99. The van der Waals surface area contributed by atoms with Crippen LogP contribution in [0.15, 0.2) is 65.6 Å². The predicted octanol–water partition coefficient (Wildman–Crippen LogP) is 5.89. The van der Waals surface area contributed by atoms with Crippen molar-refractivity contribution in [1.29, 1.82) is 0 Å². The van der Waals surface area contributed by atoms with E-state index >= 15 is 0 Å². The maximum absolute atomic E-state index is 13.4. The van der Waals surface area contributed by atoms with Crippen LogP contribution in [-0.4, -0.2) is 58.7 Å². The number of fused-ring (bicyclic) bond motifs is 2. The van der Waals surface area contributed by atoms with Crippen LogP contribution in [0, 0.1) is 11.8 Å². The molecule has 0 spiro atoms. The van der Waals surface area contributed by atoms with E-state index in [4.69, 9.17) is 9.97 Å². The fourth-order valence-electron chi connectivity index (χ4n) is 5.97. The minimum absolute atomic E-state index is 0.333. The van der Waals surface area contributed by atoms with Gasteiger partial charge in [-0.3, -0.25) is 0 Å². The Hall–Kier alpha value is -3.43. The Labute approximate surface area is 244 Å². The summed E-state index contributed by atoms with van der Waals surface area (Å²) in [7, 11) is 0.318. The molecular formula is C32H42N6O2S. The van der Waals surface area contributed by atoms with Crippen molar-refractivity contribution in [2.45, 2.75) is 44.4 Å². The van der Waals surface area contributed by atoms with Crippen LogP contribution in [-0.2, 0) is 10.0 Å². The molecule has 1 aliphatic carbocycles. The number of anilines is 3. The number of hydrogen-bond donors (Lipinski definition) is 2. The third-order valence-electron chi connectivity index (χ3n) is 8.35. The first-order valence-electron chi connectivity index (χ1n) is 14.7. The van der Waals surface area contributed by atoms with Gasteiger partial charge in [-0.05, 0) is 75.6 Å². The molecule has 0 aliphatic heterocycles. The minimum atomic E-state index is -3.62. The molecule has 3 aromatic carbocycles. The van der Waals surface area contributed by atoms with Gasteiger partial charge >= 0.3 is 0 Å². The van der Waals surface area contributed by atoms with Crippen molar-refractivity contribution in [2.75, 3.05) is 55.4 Å². The minimum Gasteiger partial charge on any atom is -0.377 e. The number of sulfonamides is 1. The average molecular weight is 575 g/mol. The van der Waals surface area contributed by atoms with Crippen molar-refractivity contribution in [1.82, 2.24) is 14.7 Å². The van der Waals surface area contributed by atoms with E-state index in [1.807, 2.05) is 67.5 Å². The maximum Gasteiger partial charge on any atom is 0.241 e. The zero-order valence-electron chi connectivity index (χ0n) is 24.6. The third kappa shape index (κ3) is 6.41. The Morgan fingerprint density at radius 3 is 2.12 bits per heavy atom. The summed E-state index contributed by atoms with van der Waals surface area (Å²) >= 11 is 0. The molecule has 0 radical (unpaired) electrons. The zero-order chi connectivity index (χ0) is 29.0. The molecule has 0 unspecified atom stereocenters. The van der Waals surface area contributed by atoms with E-state index in [2.05, 4.69) is 34.9 Å². The van der Waals surface area contributed by atoms with Gasteiger partial charge in [0.1, 0.15) is 5.82 Å². The second-order valence-corrected chi connectivity index (χ2v) is 12.9. The van der Waals surface area contributed by atoms with Crippen molar-refractivity contribution < 1.29 is 8.42 Å². The molecule has 0 bridgehead atoms. The molecule has 8 nitrogen and oxygen atoms in total. The lowest BCUT2D eigenvalue weighted by Gasteiger charge is -2.29. The van der Waals surface area contributed by atoms with E-state index in [1.54, 1.807) is 6.07 Å². The van der Waals surface area contributed by atoms with Crippen LogP contribution in [0.2, 0.25) is 0 Å². The predicted molar refractivity (Wildman–Crippen MR) is 171 cm³/mol. The van der Waals surface area contributed by atoms with Gasteiger partial charge in [-0.2, -0.15) is 4.98 Å². The molecule has 1 saturated carbocycles. The highest BCUT2D eigenvalue weighted by Crippen LogP contribution is 2.32. The number of benzene rings is 3. The van der Waals surface area contributed by atoms with Crippen LogP contribution < -0.4 is 19.8 Å². The molecule has 5 rings (SSSR count). The van der Waals surface area contributed by atoms with E-state index in [1.165, 1.54) is 0 Å². The Morgan fingerprint density at radius 1 is 0.780 bits per heavy atom. The molecule has 9 heteroatoms. The molecule has 1 aliphatic rings. The van der Waals surface area contributed by atoms with Gasteiger partial charge in [0.25, 0.3) is 0 Å². The van der Waals surface area contributed by atoms with E-state index in [-0.39, 0.29) is 0 Å². The molecule has 1 aromatic heterocycles.